The summed E-state index contributed by atoms with van der Waals surface area (Å²) in [4.78, 5) is 4.82. The number of hydrogen-bond acceptors (Lipinski definition) is 4. The van der Waals surface area contributed by atoms with E-state index in [-0.39, 0.29) is 0 Å². The fourth-order valence-electron chi connectivity index (χ4n) is 9.72. The van der Waals surface area contributed by atoms with Gasteiger partial charge in [0.25, 0.3) is 0 Å². The molecule has 1 aliphatic rings. The number of furan rings is 1. The van der Waals surface area contributed by atoms with Gasteiger partial charge in [-0.1, -0.05) is 157 Å². The Hall–Kier alpha value is -8.54. The molecule has 0 saturated carbocycles. The molecule has 5 heteroatoms. The maximum absolute atomic E-state index is 6.86. The minimum absolute atomic E-state index is 0.835. The molecule has 0 bridgehead atoms. The highest BCUT2D eigenvalue weighted by Crippen LogP contribution is 2.48. The summed E-state index contributed by atoms with van der Waals surface area (Å²) < 4.78 is 6.86. The van der Waals surface area contributed by atoms with Crippen molar-refractivity contribution in [1.82, 2.24) is 0 Å². The molecule has 0 aliphatic carbocycles. The van der Waals surface area contributed by atoms with Crippen LogP contribution in [0.4, 0.5) is 45.5 Å². The highest BCUT2D eigenvalue weighted by molar-refractivity contribution is 6.74. The van der Waals surface area contributed by atoms with E-state index in [1.807, 2.05) is 0 Å². The molecule has 1 aromatic heterocycles. The smallest absolute Gasteiger partial charge is 0.198 e. The van der Waals surface area contributed by atoms with E-state index in [1.165, 1.54) is 22.3 Å². The fraction of sp³-hybridized carbons (Fsp3) is 0.0164. The van der Waals surface area contributed by atoms with Crippen LogP contribution in [0.2, 0.25) is 0 Å². The summed E-state index contributed by atoms with van der Waals surface area (Å²) >= 11 is 0. The standard InChI is InChI=1S/C61H43BN3O/c1-41-37-45(43-21-8-3-9-22-43)33-35-55(41)65-56-36-34-49(64(47-25-10-4-11-26-47)48-27-12-5-13-28-48)39-53(56)62-60-52(40-58-59(61(60)65)51-30-15-17-32-57(51)66-58)50-29-14-16-31-54(50)63-46-24-18-23-44(38-46)42-19-6-2-7-20-42/h2-40,63H,1H3. The first-order chi connectivity index (χ1) is 32.6. The molecule has 0 fully saturated rings. The van der Waals surface area contributed by atoms with Crippen molar-refractivity contribution in [1.29, 1.82) is 0 Å². The van der Waals surface area contributed by atoms with E-state index >= 15 is 0 Å². The van der Waals surface area contributed by atoms with Gasteiger partial charge in [-0.25, -0.2) is 0 Å². The molecule has 311 valence electrons. The SMILES string of the molecule is Cc1cc(-c2ccccc2)ccc1N1c2ccc(N(c3ccccc3)c3ccccc3)cc2[B]c2c(-c3ccccc3Nc3cccc(-c4ccccc4)c3)cc3oc4ccccc4c3c21. The van der Waals surface area contributed by atoms with Gasteiger partial charge in [-0.2, -0.15) is 0 Å². The average molecular weight is 845 g/mol. The van der Waals surface area contributed by atoms with Gasteiger partial charge in [0.2, 0.25) is 0 Å². The van der Waals surface area contributed by atoms with Crippen LogP contribution in [0.1, 0.15) is 5.56 Å². The van der Waals surface area contributed by atoms with E-state index in [2.05, 4.69) is 266 Å². The average Bonchev–Trinajstić information content (AvgIpc) is 3.76. The van der Waals surface area contributed by atoms with Crippen LogP contribution < -0.4 is 26.0 Å². The second-order valence-corrected chi connectivity index (χ2v) is 16.9. The Labute approximate surface area is 385 Å². The molecule has 66 heavy (non-hydrogen) atoms. The highest BCUT2D eigenvalue weighted by atomic mass is 16.3. The van der Waals surface area contributed by atoms with Crippen molar-refractivity contribution in [2.24, 2.45) is 0 Å². The number of anilines is 8. The van der Waals surface area contributed by atoms with Crippen LogP contribution in [0, 0.1) is 6.92 Å². The maximum Gasteiger partial charge on any atom is 0.198 e. The molecular weight excluding hydrogens is 802 g/mol. The Balaban J connectivity index is 1.10. The Morgan fingerprint density at radius 2 is 1.06 bits per heavy atom. The van der Waals surface area contributed by atoms with Crippen LogP contribution in [-0.4, -0.2) is 7.28 Å². The van der Waals surface area contributed by atoms with Crippen LogP contribution in [0.3, 0.4) is 0 Å². The number of benzene rings is 10. The van der Waals surface area contributed by atoms with E-state index < -0.39 is 0 Å². The molecule has 0 spiro atoms. The van der Waals surface area contributed by atoms with Gasteiger partial charge in [-0.05, 0) is 131 Å². The molecule has 4 nitrogen and oxygen atoms in total. The second-order valence-electron chi connectivity index (χ2n) is 16.9. The van der Waals surface area contributed by atoms with Gasteiger partial charge < -0.3 is 19.5 Å². The molecule has 1 N–H and O–H groups in total. The first-order valence-electron chi connectivity index (χ1n) is 22.5. The number of para-hydroxylation sites is 4. The van der Waals surface area contributed by atoms with Gasteiger partial charge in [0.15, 0.2) is 7.28 Å². The van der Waals surface area contributed by atoms with Crippen molar-refractivity contribution in [2.45, 2.75) is 6.92 Å². The third-order valence-electron chi connectivity index (χ3n) is 12.8. The number of hydrogen-bond donors (Lipinski definition) is 1. The number of nitrogens with zero attached hydrogens (tertiary/aromatic N) is 2. The minimum Gasteiger partial charge on any atom is -0.456 e. The molecular formula is C61H43BN3O. The molecule has 0 atom stereocenters. The van der Waals surface area contributed by atoms with Crippen LogP contribution in [0.25, 0.3) is 55.3 Å². The third-order valence-corrected chi connectivity index (χ3v) is 12.8. The van der Waals surface area contributed by atoms with Crippen LogP contribution in [0.5, 0.6) is 0 Å². The summed E-state index contributed by atoms with van der Waals surface area (Å²) in [5.41, 5.74) is 20.5. The Morgan fingerprint density at radius 3 is 1.77 bits per heavy atom. The Kier molecular flexibility index (Phi) is 9.80. The number of fused-ring (bicyclic) bond motifs is 6. The number of rotatable bonds is 9. The van der Waals surface area contributed by atoms with Crippen LogP contribution in [-0.2, 0) is 0 Å². The quantitative estimate of drug-likeness (QED) is 0.147. The van der Waals surface area contributed by atoms with E-state index in [1.54, 1.807) is 0 Å². The zero-order valence-corrected chi connectivity index (χ0v) is 36.4. The van der Waals surface area contributed by atoms with Crippen LogP contribution >= 0.6 is 0 Å². The minimum atomic E-state index is 0.835. The Morgan fingerprint density at radius 1 is 0.455 bits per heavy atom. The Bertz CT molecular complexity index is 3510. The van der Waals surface area contributed by atoms with Crippen molar-refractivity contribution in [3.8, 4) is 33.4 Å². The van der Waals surface area contributed by atoms with E-state index in [0.29, 0.717) is 0 Å². The zero-order chi connectivity index (χ0) is 44.0. The molecule has 2 heterocycles. The summed E-state index contributed by atoms with van der Waals surface area (Å²) in [5, 5.41) is 6.01. The van der Waals surface area contributed by atoms with Gasteiger partial charge >= 0.3 is 0 Å². The predicted molar refractivity (Wildman–Crippen MR) is 279 cm³/mol. The van der Waals surface area contributed by atoms with Crippen molar-refractivity contribution in [3.63, 3.8) is 0 Å². The lowest BCUT2D eigenvalue weighted by Gasteiger charge is -2.37. The normalized spacial score (nSPS) is 11.8. The topological polar surface area (TPSA) is 31.6 Å². The summed E-state index contributed by atoms with van der Waals surface area (Å²) in [6, 6.07) is 84.2. The molecule has 0 saturated heterocycles. The molecule has 10 aromatic carbocycles. The highest BCUT2D eigenvalue weighted by Gasteiger charge is 2.33. The van der Waals surface area contributed by atoms with Gasteiger partial charge in [-0.15, -0.1) is 0 Å². The van der Waals surface area contributed by atoms with Gasteiger partial charge in [0.05, 0.1) is 11.1 Å². The van der Waals surface area contributed by atoms with Crippen LogP contribution in [0.15, 0.2) is 241 Å². The van der Waals surface area contributed by atoms with E-state index in [9.17, 15) is 0 Å². The lowest BCUT2D eigenvalue weighted by atomic mass is 9.57. The van der Waals surface area contributed by atoms with Crippen molar-refractivity contribution < 1.29 is 4.42 Å². The lowest BCUT2D eigenvalue weighted by molar-refractivity contribution is 0.669. The lowest BCUT2D eigenvalue weighted by Crippen LogP contribution is -2.41. The fourth-order valence-corrected chi connectivity index (χ4v) is 9.72. The summed E-state index contributed by atoms with van der Waals surface area (Å²) in [7, 11) is 2.40. The zero-order valence-electron chi connectivity index (χ0n) is 36.4. The monoisotopic (exact) mass is 844 g/mol. The summed E-state index contributed by atoms with van der Waals surface area (Å²) in [6.07, 6.45) is 0. The molecule has 11 aromatic rings. The number of nitrogens with one attached hydrogen (secondary N) is 1. The third kappa shape index (κ3) is 6.99. The maximum atomic E-state index is 6.86. The molecule has 0 amide bonds. The molecule has 1 radical (unpaired) electrons. The predicted octanol–water partition coefficient (Wildman–Crippen LogP) is 15.5. The first-order valence-corrected chi connectivity index (χ1v) is 22.5. The molecule has 1 aliphatic heterocycles. The summed E-state index contributed by atoms with van der Waals surface area (Å²) in [5.74, 6) is 0. The summed E-state index contributed by atoms with van der Waals surface area (Å²) in [6.45, 7) is 2.23. The van der Waals surface area contributed by atoms with E-state index in [0.717, 1.165) is 95.1 Å². The number of aryl methyl sites for hydroxylation is 1. The molecule has 0 unspecified atom stereocenters. The van der Waals surface area contributed by atoms with E-state index in [4.69, 9.17) is 4.42 Å². The van der Waals surface area contributed by atoms with Crippen molar-refractivity contribution in [2.75, 3.05) is 15.1 Å². The van der Waals surface area contributed by atoms with Gasteiger partial charge in [-0.3, -0.25) is 0 Å². The van der Waals surface area contributed by atoms with Gasteiger partial charge in [0, 0.05) is 50.8 Å². The second kappa shape index (κ2) is 16.5. The first kappa shape index (κ1) is 39.1. The molecule has 12 rings (SSSR count). The van der Waals surface area contributed by atoms with Gasteiger partial charge in [0.1, 0.15) is 11.2 Å². The van der Waals surface area contributed by atoms with Crippen molar-refractivity contribution in [3.05, 3.63) is 242 Å². The largest absolute Gasteiger partial charge is 0.456 e. The van der Waals surface area contributed by atoms with Crippen molar-refractivity contribution >= 4 is 85.6 Å².